The lowest BCUT2D eigenvalue weighted by Crippen LogP contribution is -2.53. The van der Waals surface area contributed by atoms with Crippen molar-refractivity contribution in [2.45, 2.75) is 38.0 Å². The summed E-state index contributed by atoms with van der Waals surface area (Å²) in [6.45, 7) is 4.39. The predicted molar refractivity (Wildman–Crippen MR) is 223 cm³/mol. The van der Waals surface area contributed by atoms with E-state index in [0.29, 0.717) is 47.8 Å². The quantitative estimate of drug-likeness (QED) is 0.0755. The van der Waals surface area contributed by atoms with Crippen molar-refractivity contribution in [2.75, 3.05) is 37.7 Å². The van der Waals surface area contributed by atoms with E-state index in [-0.39, 0.29) is 23.3 Å². The van der Waals surface area contributed by atoms with Gasteiger partial charge in [-0.3, -0.25) is 9.69 Å². The number of ether oxygens (including phenoxy) is 1. The summed E-state index contributed by atoms with van der Waals surface area (Å²) in [5.41, 5.74) is 6.67. The molecule has 5 N–H and O–H groups in total. The number of rotatable bonds is 14. The molecular weight excluding hydrogens is 717 g/mol. The summed E-state index contributed by atoms with van der Waals surface area (Å²) in [7, 11) is 0. The first kappa shape index (κ1) is 38.0. The van der Waals surface area contributed by atoms with Gasteiger partial charge in [0, 0.05) is 43.2 Å². The molecule has 3 aliphatic rings. The number of aliphatic hydroxyl groups excluding tert-OH is 1. The molecule has 3 aliphatic heterocycles. The Bertz CT molecular complexity index is 2370. The lowest BCUT2D eigenvalue weighted by Gasteiger charge is -2.49. The third-order valence-electron chi connectivity index (χ3n) is 11.6. The van der Waals surface area contributed by atoms with Crippen LogP contribution >= 0.6 is 0 Å². The number of anilines is 1. The number of para-hydroxylation sites is 1. The van der Waals surface area contributed by atoms with Gasteiger partial charge in [0.25, 0.3) is 0 Å². The van der Waals surface area contributed by atoms with Gasteiger partial charge < -0.3 is 35.3 Å². The first-order valence-corrected chi connectivity index (χ1v) is 19.7. The maximum absolute atomic E-state index is 12.9. The molecule has 10 heteroatoms. The number of aliphatic hydroxyl groups is 1. The molecule has 3 saturated heterocycles. The largest absolute Gasteiger partial charge is 0.506 e. The molecule has 1 aromatic heterocycles. The zero-order valence-corrected chi connectivity index (χ0v) is 31.8. The Kier molecular flexibility index (Phi) is 11.4. The number of carboxylic acid groups (broad SMARTS) is 1. The lowest BCUT2D eigenvalue weighted by molar-refractivity contribution is 0.0358. The molecule has 57 heavy (non-hydrogen) atoms. The van der Waals surface area contributed by atoms with Crippen molar-refractivity contribution in [3.05, 3.63) is 160 Å². The number of aromatic amines is 1. The molecule has 1 unspecified atom stereocenters. The molecule has 6 aromatic rings. The number of nitrogens with one attached hydrogen (secondary N) is 2. The minimum absolute atomic E-state index is 0.0365. The smallest absolute Gasteiger partial charge is 0.412 e. The van der Waals surface area contributed by atoms with Gasteiger partial charge in [0.05, 0.1) is 24.3 Å². The minimum atomic E-state index is -0.947. The van der Waals surface area contributed by atoms with Crippen LogP contribution < -0.4 is 20.5 Å². The first-order chi connectivity index (χ1) is 27.8. The van der Waals surface area contributed by atoms with Crippen molar-refractivity contribution in [1.82, 2.24) is 15.2 Å². The van der Waals surface area contributed by atoms with Crippen LogP contribution in [-0.2, 0) is 13.0 Å². The maximum atomic E-state index is 12.9. The van der Waals surface area contributed by atoms with Crippen LogP contribution in [0.5, 0.6) is 11.5 Å². The Labute approximate surface area is 332 Å². The maximum Gasteiger partial charge on any atom is 0.412 e. The van der Waals surface area contributed by atoms with E-state index in [9.17, 15) is 24.9 Å². The van der Waals surface area contributed by atoms with Gasteiger partial charge in [-0.1, -0.05) is 78.9 Å². The number of nitrogens with zero attached hydrogens (tertiary/aromatic N) is 2. The number of aromatic hydroxyl groups is 1. The van der Waals surface area contributed by atoms with Crippen molar-refractivity contribution in [1.29, 1.82) is 0 Å². The van der Waals surface area contributed by atoms with Crippen LogP contribution in [0.3, 0.4) is 0 Å². The number of H-pyrrole nitrogens is 1. The average Bonchev–Trinajstić information content (AvgIpc) is 3.24. The fourth-order valence-electron chi connectivity index (χ4n) is 8.75. The van der Waals surface area contributed by atoms with Crippen molar-refractivity contribution in [2.24, 2.45) is 11.8 Å². The van der Waals surface area contributed by atoms with Gasteiger partial charge in [0.1, 0.15) is 11.5 Å². The number of hydrogen-bond donors (Lipinski definition) is 5. The molecule has 0 aliphatic carbocycles. The Morgan fingerprint density at radius 3 is 2.40 bits per heavy atom. The Balaban J connectivity index is 0.887. The van der Waals surface area contributed by atoms with Gasteiger partial charge in [-0.05, 0) is 114 Å². The number of phenols is 1. The van der Waals surface area contributed by atoms with E-state index in [1.807, 2.05) is 66.7 Å². The zero-order valence-electron chi connectivity index (χ0n) is 31.8. The van der Waals surface area contributed by atoms with E-state index in [2.05, 4.69) is 51.6 Å². The lowest BCUT2D eigenvalue weighted by atomic mass is 9.73. The molecule has 4 heterocycles. The van der Waals surface area contributed by atoms with E-state index in [4.69, 9.17) is 4.74 Å². The fourth-order valence-corrected chi connectivity index (χ4v) is 8.75. The summed E-state index contributed by atoms with van der Waals surface area (Å²) >= 11 is 0. The van der Waals surface area contributed by atoms with Crippen LogP contribution in [0.4, 0.5) is 10.5 Å². The monoisotopic (exact) mass is 764 g/mol. The Morgan fingerprint density at radius 1 is 0.860 bits per heavy atom. The van der Waals surface area contributed by atoms with Crippen molar-refractivity contribution >= 4 is 22.7 Å². The van der Waals surface area contributed by atoms with E-state index in [1.165, 1.54) is 12.1 Å². The predicted octanol–water partition coefficient (Wildman–Crippen LogP) is 7.91. The molecule has 9 rings (SSSR count). The highest BCUT2D eigenvalue weighted by atomic mass is 16.5. The molecule has 0 radical (unpaired) electrons. The number of hydrogen-bond acceptors (Lipinski definition) is 7. The summed E-state index contributed by atoms with van der Waals surface area (Å²) in [6, 6.07) is 40.1. The number of pyridine rings is 1. The van der Waals surface area contributed by atoms with Gasteiger partial charge >= 0.3 is 6.09 Å². The standard InChI is InChI=1S/C47H48N4O6/c52-42-18-16-39(40-17-19-44(54)49-45(40)42)43(53)29-48-28-32-6-4-7-35(26-32)33-14-12-31(13-15-33)22-25-57-38-11-5-8-36(27-38)46(41-30-50-23-20-34(41)21-24-50)51(47(55)56)37-9-2-1-3-10-37/h1-19,26-27,34,41,43,46,48,52-53H,20-25,28-30H2,(H,49,54)(H,55,56)/t41?,43-,46-/m0/s1. The number of piperidine rings is 3. The highest BCUT2D eigenvalue weighted by Gasteiger charge is 2.43. The number of carbonyl (C=O) groups is 1. The molecule has 3 atom stereocenters. The highest BCUT2D eigenvalue weighted by molar-refractivity contribution is 5.88. The molecule has 2 bridgehead atoms. The summed E-state index contributed by atoms with van der Waals surface area (Å²) in [5.74, 6) is 1.37. The molecular formula is C47H48N4O6. The second-order valence-corrected chi connectivity index (χ2v) is 15.2. The number of phenolic OH excluding ortho intramolecular Hbond substituents is 1. The first-order valence-electron chi connectivity index (χ1n) is 19.7. The van der Waals surface area contributed by atoms with Crippen LogP contribution in [-0.4, -0.2) is 64.1 Å². The van der Waals surface area contributed by atoms with Gasteiger partial charge in [-0.25, -0.2) is 4.79 Å². The van der Waals surface area contributed by atoms with Crippen molar-refractivity contribution < 1.29 is 24.9 Å². The second-order valence-electron chi connectivity index (χ2n) is 15.2. The number of fused-ring (bicyclic) bond motifs is 4. The Morgan fingerprint density at radius 2 is 1.65 bits per heavy atom. The van der Waals surface area contributed by atoms with E-state index >= 15 is 0 Å². The minimum Gasteiger partial charge on any atom is -0.506 e. The van der Waals surface area contributed by atoms with Gasteiger partial charge in [0.15, 0.2) is 0 Å². The van der Waals surface area contributed by atoms with Gasteiger partial charge in [0.2, 0.25) is 5.56 Å². The fraction of sp³-hybridized carbons (Fsp3) is 0.277. The third-order valence-corrected chi connectivity index (χ3v) is 11.6. The third kappa shape index (κ3) is 8.58. The molecule has 0 saturated carbocycles. The average molecular weight is 765 g/mol. The van der Waals surface area contributed by atoms with Crippen LogP contribution in [0, 0.1) is 11.8 Å². The molecule has 292 valence electrons. The van der Waals surface area contributed by atoms with Gasteiger partial charge in [-0.2, -0.15) is 0 Å². The van der Waals surface area contributed by atoms with Crippen LogP contribution in [0.15, 0.2) is 132 Å². The highest BCUT2D eigenvalue weighted by Crippen LogP contribution is 2.44. The summed E-state index contributed by atoms with van der Waals surface area (Å²) < 4.78 is 6.31. The normalized spacial score (nSPS) is 18.6. The van der Waals surface area contributed by atoms with Crippen molar-refractivity contribution in [3.63, 3.8) is 0 Å². The summed E-state index contributed by atoms with van der Waals surface area (Å²) in [4.78, 5) is 31.4. The number of benzene rings is 5. The molecule has 3 fully saturated rings. The van der Waals surface area contributed by atoms with E-state index < -0.39 is 12.2 Å². The summed E-state index contributed by atoms with van der Waals surface area (Å²) in [6.07, 6.45) is 1.13. The van der Waals surface area contributed by atoms with E-state index in [0.717, 1.165) is 72.5 Å². The topological polar surface area (TPSA) is 138 Å². The van der Waals surface area contributed by atoms with Gasteiger partial charge in [-0.15, -0.1) is 0 Å². The number of aromatic nitrogens is 1. The molecule has 10 nitrogen and oxygen atoms in total. The van der Waals surface area contributed by atoms with E-state index in [1.54, 1.807) is 17.0 Å². The summed E-state index contributed by atoms with van der Waals surface area (Å²) in [5, 5.41) is 35.7. The molecule has 1 amide bonds. The number of amides is 1. The van der Waals surface area contributed by atoms with Crippen LogP contribution in [0.1, 0.15) is 47.2 Å². The van der Waals surface area contributed by atoms with Crippen LogP contribution in [0.2, 0.25) is 0 Å². The molecule has 5 aromatic carbocycles. The molecule has 0 spiro atoms. The second kappa shape index (κ2) is 17.1. The SMILES string of the molecule is O=C(O)N(c1ccccc1)[C@@H](c1cccc(OCCc2ccc(-c3cccc(CNC[C@H](O)c4ccc(O)c5[nH]c(=O)ccc45)c3)cc2)c1)C1CN2CCC1CC2. The van der Waals surface area contributed by atoms with Crippen LogP contribution in [0.25, 0.3) is 22.0 Å². The zero-order chi connectivity index (χ0) is 39.3. The van der Waals surface area contributed by atoms with Crippen molar-refractivity contribution in [3.8, 4) is 22.6 Å². The Hall–Kier alpha value is -5.94.